The molecule has 1 aromatic rings. The van der Waals surface area contributed by atoms with Crippen LogP contribution in [-0.2, 0) is 4.18 Å². The van der Waals surface area contributed by atoms with E-state index in [1.807, 2.05) is 35.1 Å². The van der Waals surface area contributed by atoms with E-state index in [0.717, 1.165) is 0 Å². The first-order valence-electron chi connectivity index (χ1n) is 4.59. The van der Waals surface area contributed by atoms with Crippen LogP contribution in [0.4, 0.5) is 5.69 Å². The number of aromatic hydroxyl groups is 1. The van der Waals surface area contributed by atoms with Gasteiger partial charge in [-0.1, -0.05) is 13.8 Å². The highest BCUT2D eigenvalue weighted by Gasteiger charge is 1.98. The number of nitrogen functional groups attached to an aromatic ring is 1. The third-order valence-corrected chi connectivity index (χ3v) is 2.47. The average molecular weight is 359 g/mol. The molecule has 0 aliphatic carbocycles. The van der Waals surface area contributed by atoms with Gasteiger partial charge in [0.1, 0.15) is 0 Å². The van der Waals surface area contributed by atoms with Crippen LogP contribution in [0.25, 0.3) is 0 Å². The molecule has 0 aromatic heterocycles. The largest absolute Gasteiger partial charge is 0.504 e. The lowest BCUT2D eigenvalue weighted by molar-refractivity contribution is 0.374. The molecule has 0 spiro atoms. The van der Waals surface area contributed by atoms with Crippen molar-refractivity contribution in [3.8, 4) is 11.5 Å². The van der Waals surface area contributed by atoms with Crippen LogP contribution < -0.4 is 10.5 Å². The molecular weight excluding hydrogens is 341 g/mol. The molecule has 0 bridgehead atoms. The number of phenols is 1. The zero-order chi connectivity index (χ0) is 13.0. The Morgan fingerprint density at radius 3 is 2.12 bits per heavy atom. The van der Waals surface area contributed by atoms with E-state index < -0.39 is 0 Å². The van der Waals surface area contributed by atoms with Crippen molar-refractivity contribution in [3.05, 3.63) is 18.2 Å². The highest BCUT2D eigenvalue weighted by molar-refractivity contribution is 14.2. The smallest absolute Gasteiger partial charge is 0.162 e. The highest BCUT2D eigenvalue weighted by Crippen LogP contribution is 2.26. The van der Waals surface area contributed by atoms with Gasteiger partial charge in [0.15, 0.2) is 11.5 Å². The summed E-state index contributed by atoms with van der Waals surface area (Å²) in [5.41, 5.74) is 5.99. The summed E-state index contributed by atoms with van der Waals surface area (Å²) >= 11 is 2.05. The second-order valence-corrected chi connectivity index (χ2v) is 3.70. The lowest BCUT2D eigenvalue weighted by atomic mass is 10.3. The molecule has 0 saturated carbocycles. The van der Waals surface area contributed by atoms with E-state index in [1.54, 1.807) is 19.2 Å². The second-order valence-electron chi connectivity index (χ2n) is 2.16. The number of hydrogen-bond donors (Lipinski definition) is 2. The number of phenolic OH excluding ortho intramolecular Hbond substituents is 1. The van der Waals surface area contributed by atoms with Gasteiger partial charge in [-0.05, 0) is 12.1 Å². The van der Waals surface area contributed by atoms with Crippen LogP contribution >= 0.6 is 30.4 Å². The van der Waals surface area contributed by atoms with Gasteiger partial charge in [0.25, 0.3) is 0 Å². The molecule has 0 unspecified atom stereocenters. The zero-order valence-electron chi connectivity index (χ0n) is 9.86. The number of anilines is 1. The maximum Gasteiger partial charge on any atom is 0.162 e. The van der Waals surface area contributed by atoms with Crippen LogP contribution in [0.5, 0.6) is 11.5 Å². The fraction of sp³-hybridized carbons (Fsp3) is 0.400. The summed E-state index contributed by atoms with van der Waals surface area (Å²) in [4.78, 5) is 0. The van der Waals surface area contributed by atoms with Crippen molar-refractivity contribution in [1.29, 1.82) is 0 Å². The average Bonchev–Trinajstić information content (AvgIpc) is 2.35. The predicted molar refractivity (Wildman–Crippen MR) is 79.0 cm³/mol. The molecule has 0 amide bonds. The molecule has 6 heteroatoms. The van der Waals surface area contributed by atoms with Gasteiger partial charge in [-0.2, -0.15) is 0 Å². The summed E-state index contributed by atoms with van der Waals surface area (Å²) in [5, 5.41) is 9.05. The number of nitrogens with two attached hydrogens (primary N) is 1. The number of ether oxygens (including phenoxy) is 1. The number of halogens is 1. The molecule has 0 atom stereocenters. The van der Waals surface area contributed by atoms with Gasteiger partial charge in [-0.25, -0.2) is 0 Å². The maximum absolute atomic E-state index is 9.05. The number of benzene rings is 1. The van der Waals surface area contributed by atoms with Gasteiger partial charge in [0.05, 0.1) is 23.4 Å². The van der Waals surface area contributed by atoms with Crippen LogP contribution in [-0.4, -0.2) is 19.3 Å². The first kappa shape index (κ1) is 18.0. The first-order valence-corrected chi connectivity index (χ1v) is 7.88. The molecule has 1 aromatic carbocycles. The Balaban J connectivity index is 0. The second kappa shape index (κ2) is 12.7. The SMILES string of the molecule is CC.COSI.COc1cc(N)ccc1O. The first-order chi connectivity index (χ1) is 7.65. The van der Waals surface area contributed by atoms with Crippen LogP contribution in [0.1, 0.15) is 13.8 Å². The minimum Gasteiger partial charge on any atom is -0.504 e. The fourth-order valence-corrected chi connectivity index (χ4v) is 0.694. The van der Waals surface area contributed by atoms with E-state index in [2.05, 4.69) is 4.18 Å². The van der Waals surface area contributed by atoms with Gasteiger partial charge in [-0.15, -0.1) is 0 Å². The van der Waals surface area contributed by atoms with E-state index in [-0.39, 0.29) is 5.75 Å². The number of hydrogen-bond acceptors (Lipinski definition) is 5. The standard InChI is InChI=1S/C7H9NO2.C2H6.CH3IOS/c1-10-7-4-5(8)2-3-6(7)9;1-2;1-3-4-2/h2-4,9H,8H2,1H3;1-2H3;1H3. The summed E-state index contributed by atoms with van der Waals surface area (Å²) in [6, 6.07) is 4.67. The van der Waals surface area contributed by atoms with Gasteiger partial charge in [0, 0.05) is 33.0 Å². The quantitative estimate of drug-likeness (QED) is 0.365. The lowest BCUT2D eigenvalue weighted by Crippen LogP contribution is -1.87. The summed E-state index contributed by atoms with van der Waals surface area (Å²) < 4.78 is 9.24. The van der Waals surface area contributed by atoms with E-state index in [1.165, 1.54) is 22.4 Å². The molecule has 4 nitrogen and oxygen atoms in total. The van der Waals surface area contributed by atoms with Crippen molar-refractivity contribution in [2.45, 2.75) is 13.8 Å². The molecule has 0 aliphatic heterocycles. The van der Waals surface area contributed by atoms with Crippen molar-refractivity contribution < 1.29 is 14.0 Å². The molecule has 94 valence electrons. The molecule has 0 fully saturated rings. The van der Waals surface area contributed by atoms with Crippen molar-refractivity contribution >= 4 is 36.1 Å². The Kier molecular flexibility index (Phi) is 14.3. The molecule has 0 saturated heterocycles. The molecule has 3 N–H and O–H groups in total. The molecular formula is C10H18INO3S. The van der Waals surface area contributed by atoms with Crippen molar-refractivity contribution in [3.63, 3.8) is 0 Å². The maximum atomic E-state index is 9.05. The molecule has 1 rings (SSSR count). The normalized spacial score (nSPS) is 8.06. The molecule has 0 heterocycles. The number of methoxy groups -OCH3 is 1. The monoisotopic (exact) mass is 359 g/mol. The van der Waals surface area contributed by atoms with E-state index >= 15 is 0 Å². The van der Waals surface area contributed by atoms with Crippen LogP contribution in [0.15, 0.2) is 18.2 Å². The fourth-order valence-electron chi connectivity index (χ4n) is 0.694. The summed E-state index contributed by atoms with van der Waals surface area (Å²) in [5.74, 6) is 0.511. The Morgan fingerprint density at radius 1 is 1.31 bits per heavy atom. The molecule has 0 aliphatic rings. The van der Waals surface area contributed by atoms with Crippen LogP contribution in [0, 0.1) is 0 Å². The minimum atomic E-state index is 0.108. The van der Waals surface area contributed by atoms with E-state index in [4.69, 9.17) is 15.6 Å². The van der Waals surface area contributed by atoms with Crippen molar-refractivity contribution in [2.24, 2.45) is 0 Å². The van der Waals surface area contributed by atoms with Gasteiger partial charge in [-0.3, -0.25) is 0 Å². The Labute approximate surface area is 113 Å². The van der Waals surface area contributed by atoms with Crippen molar-refractivity contribution in [2.75, 3.05) is 20.0 Å². The zero-order valence-corrected chi connectivity index (χ0v) is 12.8. The van der Waals surface area contributed by atoms with E-state index in [9.17, 15) is 0 Å². The Hall–Kier alpha value is -0.340. The van der Waals surface area contributed by atoms with Gasteiger partial charge >= 0.3 is 0 Å². The van der Waals surface area contributed by atoms with Crippen LogP contribution in [0.3, 0.4) is 0 Å². The number of rotatable bonds is 2. The summed E-state index contributed by atoms with van der Waals surface area (Å²) in [7, 11) is 4.44. The summed E-state index contributed by atoms with van der Waals surface area (Å²) in [6.07, 6.45) is 0. The highest BCUT2D eigenvalue weighted by atomic mass is 127. The Bertz CT molecular complexity index is 272. The molecule has 0 radical (unpaired) electrons. The third-order valence-electron chi connectivity index (χ3n) is 1.27. The van der Waals surface area contributed by atoms with Gasteiger partial charge in [0.2, 0.25) is 0 Å². The predicted octanol–water partition coefficient (Wildman–Crippen LogP) is 3.64. The van der Waals surface area contributed by atoms with E-state index in [0.29, 0.717) is 11.4 Å². The minimum absolute atomic E-state index is 0.108. The van der Waals surface area contributed by atoms with Gasteiger partial charge < -0.3 is 19.8 Å². The molecule has 16 heavy (non-hydrogen) atoms. The van der Waals surface area contributed by atoms with Crippen LogP contribution in [0.2, 0.25) is 0 Å². The lowest BCUT2D eigenvalue weighted by Gasteiger charge is -2.02. The topological polar surface area (TPSA) is 64.7 Å². The summed E-state index contributed by atoms with van der Waals surface area (Å²) in [6.45, 7) is 4.00. The third kappa shape index (κ3) is 8.93. The Morgan fingerprint density at radius 2 is 1.81 bits per heavy atom. The van der Waals surface area contributed by atoms with Crippen molar-refractivity contribution in [1.82, 2.24) is 0 Å².